The minimum absolute atomic E-state index is 0.0450. The summed E-state index contributed by atoms with van der Waals surface area (Å²) in [5.41, 5.74) is 3.87. The summed E-state index contributed by atoms with van der Waals surface area (Å²) in [4.78, 5) is 23.1. The molecule has 3 saturated carbocycles. The van der Waals surface area contributed by atoms with Gasteiger partial charge in [0.2, 0.25) is 0 Å². The number of non-ortho nitro benzene ring substituents is 1. The van der Waals surface area contributed by atoms with Gasteiger partial charge in [0.05, 0.1) is 16.1 Å². The van der Waals surface area contributed by atoms with Gasteiger partial charge in [-0.3, -0.25) is 10.1 Å². The van der Waals surface area contributed by atoms with E-state index in [2.05, 4.69) is 32.6 Å². The number of carbonyl (C=O) groups excluding carboxylic acids is 1. The summed E-state index contributed by atoms with van der Waals surface area (Å²) in [6.45, 7) is 13.1. The second-order valence-corrected chi connectivity index (χ2v) is 13.4. The Hall–Kier alpha value is -2.73. The number of nitrogens with zero attached hydrogens (tertiary/aromatic N) is 1. The number of hydrogen-bond donors (Lipinski definition) is 1. The predicted octanol–water partition coefficient (Wildman–Crippen LogP) is 8.51. The van der Waals surface area contributed by atoms with Gasteiger partial charge in [0.15, 0.2) is 0 Å². The van der Waals surface area contributed by atoms with Crippen molar-refractivity contribution < 1.29 is 19.6 Å². The summed E-state index contributed by atoms with van der Waals surface area (Å²) in [5.74, 6) is 1.57. The number of hydrogen-bond acceptors (Lipinski definition) is 5. The molecule has 4 rings (SSSR count). The molecule has 0 saturated heterocycles. The highest BCUT2D eigenvalue weighted by molar-refractivity contribution is 5.89. The van der Waals surface area contributed by atoms with Gasteiger partial charge in [0.25, 0.3) is 5.69 Å². The molecule has 0 aliphatic heterocycles. The van der Waals surface area contributed by atoms with Gasteiger partial charge >= 0.3 is 5.97 Å². The molecule has 3 aliphatic rings. The molecule has 0 heterocycles. The largest absolute Gasteiger partial charge is 0.458 e. The Balaban J connectivity index is 1.40. The molecule has 1 aromatic carbocycles. The Kier molecular flexibility index (Phi) is 9.39. The maximum Gasteiger partial charge on any atom is 0.338 e. The summed E-state index contributed by atoms with van der Waals surface area (Å²) in [6.07, 6.45) is 15.8. The topological polar surface area (TPSA) is 89.7 Å². The zero-order valence-corrected chi connectivity index (χ0v) is 24.8. The number of rotatable bonds is 9. The van der Waals surface area contributed by atoms with Crippen molar-refractivity contribution in [2.45, 2.75) is 110 Å². The van der Waals surface area contributed by atoms with E-state index in [1.165, 1.54) is 56.4 Å². The Morgan fingerprint density at radius 2 is 1.95 bits per heavy atom. The Morgan fingerprint density at radius 1 is 1.23 bits per heavy atom. The van der Waals surface area contributed by atoms with Crippen LogP contribution in [0.5, 0.6) is 0 Å². The van der Waals surface area contributed by atoms with E-state index < -0.39 is 16.5 Å². The third-order valence-corrected chi connectivity index (χ3v) is 9.93. The van der Waals surface area contributed by atoms with Crippen molar-refractivity contribution in [3.05, 3.63) is 75.4 Å². The molecule has 0 bridgehead atoms. The third-order valence-electron chi connectivity index (χ3n) is 9.93. The van der Waals surface area contributed by atoms with Crippen molar-refractivity contribution in [1.82, 2.24) is 0 Å². The third kappa shape index (κ3) is 7.12. The summed E-state index contributed by atoms with van der Waals surface area (Å²) < 4.78 is 5.80. The number of nitro groups is 1. The molecule has 0 amide bonds. The first kappa shape index (κ1) is 30.2. The normalized spacial score (nSPS) is 29.8. The number of carbonyl (C=O) groups is 1. The fraction of sp³-hybridized carbons (Fsp3) is 0.618. The first-order valence-corrected chi connectivity index (χ1v) is 15.1. The van der Waals surface area contributed by atoms with Gasteiger partial charge < -0.3 is 9.84 Å². The number of benzene rings is 1. The Labute approximate surface area is 239 Å². The van der Waals surface area contributed by atoms with Crippen LogP contribution in [-0.4, -0.2) is 27.7 Å². The van der Waals surface area contributed by atoms with Crippen molar-refractivity contribution in [1.29, 1.82) is 0 Å². The Bertz CT molecular complexity index is 1160. The average Bonchev–Trinajstić information content (AvgIpc) is 3.25. The number of fused-ring (bicyclic) bond motifs is 1. The molecule has 3 fully saturated rings. The monoisotopic (exact) mass is 549 g/mol. The molecule has 0 aromatic heterocycles. The van der Waals surface area contributed by atoms with Gasteiger partial charge in [-0.25, -0.2) is 4.79 Å². The summed E-state index contributed by atoms with van der Waals surface area (Å²) in [7, 11) is 0. The maximum atomic E-state index is 12.7. The first-order valence-electron chi connectivity index (χ1n) is 15.1. The highest BCUT2D eigenvalue weighted by atomic mass is 16.6. The SMILES string of the molecule is C=C1CCC(OC(=O)c2ccc([N+](=O)[O-])cc2)C/C1=C/C=C1\CCC[C@@]2(C)C1CCC2[C@H](C)CCCC(C)(C)O. The van der Waals surface area contributed by atoms with Gasteiger partial charge in [0, 0.05) is 18.6 Å². The van der Waals surface area contributed by atoms with E-state index in [9.17, 15) is 20.0 Å². The molecule has 218 valence electrons. The molecule has 0 spiro atoms. The van der Waals surface area contributed by atoms with Crippen LogP contribution in [0.15, 0.2) is 59.7 Å². The molecule has 1 aromatic rings. The highest BCUT2D eigenvalue weighted by Gasteiger charge is 2.50. The van der Waals surface area contributed by atoms with Crippen LogP contribution in [0.1, 0.15) is 109 Å². The molecule has 6 heteroatoms. The van der Waals surface area contributed by atoms with E-state index in [0.29, 0.717) is 29.2 Å². The van der Waals surface area contributed by atoms with Crippen LogP contribution in [0.3, 0.4) is 0 Å². The molecule has 1 N–H and O–H groups in total. The minimum Gasteiger partial charge on any atom is -0.458 e. The van der Waals surface area contributed by atoms with E-state index in [4.69, 9.17) is 4.74 Å². The molecule has 0 radical (unpaired) electrons. The van der Waals surface area contributed by atoms with E-state index in [1.54, 1.807) is 5.57 Å². The van der Waals surface area contributed by atoms with Crippen molar-refractivity contribution in [3.8, 4) is 0 Å². The summed E-state index contributed by atoms with van der Waals surface area (Å²) >= 11 is 0. The zero-order valence-electron chi connectivity index (χ0n) is 24.8. The van der Waals surface area contributed by atoms with Crippen LogP contribution >= 0.6 is 0 Å². The number of esters is 1. The molecular weight excluding hydrogens is 502 g/mol. The van der Waals surface area contributed by atoms with E-state index >= 15 is 0 Å². The molecular formula is C34H47NO5. The van der Waals surface area contributed by atoms with Crippen LogP contribution < -0.4 is 0 Å². The van der Waals surface area contributed by atoms with E-state index in [0.717, 1.165) is 49.2 Å². The molecule has 3 unspecified atom stereocenters. The van der Waals surface area contributed by atoms with Crippen molar-refractivity contribution >= 4 is 11.7 Å². The lowest BCUT2D eigenvalue weighted by Crippen LogP contribution is -2.36. The molecule has 6 nitrogen and oxygen atoms in total. The van der Waals surface area contributed by atoms with Crippen LogP contribution in [0.25, 0.3) is 0 Å². The quantitative estimate of drug-likeness (QED) is 0.189. The van der Waals surface area contributed by atoms with Crippen LogP contribution in [0.2, 0.25) is 0 Å². The van der Waals surface area contributed by atoms with Gasteiger partial charge in [0.1, 0.15) is 6.10 Å². The highest BCUT2D eigenvalue weighted by Crippen LogP contribution is 2.60. The number of allylic oxidation sites excluding steroid dienone is 4. The minimum atomic E-state index is -0.582. The lowest BCUT2D eigenvalue weighted by Gasteiger charge is -2.44. The smallest absolute Gasteiger partial charge is 0.338 e. The Morgan fingerprint density at radius 3 is 2.62 bits per heavy atom. The van der Waals surface area contributed by atoms with Crippen LogP contribution in [-0.2, 0) is 4.74 Å². The summed E-state index contributed by atoms with van der Waals surface area (Å²) in [6, 6.07) is 5.57. The standard InChI is InChI=1S/C34H47NO5/c1-23-10-17-29(40-32(36)26-13-15-28(16-14-26)35(38)39)22-27(23)12-11-25-9-7-21-34(5)30(18-19-31(25)34)24(2)8-6-20-33(3,4)37/h11-16,24,29-31,37H,1,6-10,17-22H2,2-5H3/b25-11+,27-12-/t24-,29?,30?,31?,34-/m1/s1. The lowest BCUT2D eigenvalue weighted by atomic mass is 9.60. The van der Waals surface area contributed by atoms with E-state index in [-0.39, 0.29) is 11.8 Å². The van der Waals surface area contributed by atoms with Crippen LogP contribution in [0, 0.1) is 33.3 Å². The number of ether oxygens (including phenoxy) is 1. The predicted molar refractivity (Wildman–Crippen MR) is 159 cm³/mol. The second kappa shape index (κ2) is 12.4. The second-order valence-electron chi connectivity index (χ2n) is 13.4. The number of nitro benzene ring substituents is 1. The molecule has 3 aliphatic carbocycles. The van der Waals surface area contributed by atoms with Crippen LogP contribution in [0.4, 0.5) is 5.69 Å². The van der Waals surface area contributed by atoms with Gasteiger partial charge in [-0.15, -0.1) is 0 Å². The first-order chi connectivity index (χ1) is 18.9. The van der Waals surface area contributed by atoms with Crippen molar-refractivity contribution in [3.63, 3.8) is 0 Å². The average molecular weight is 550 g/mol. The van der Waals surface area contributed by atoms with Crippen molar-refractivity contribution in [2.24, 2.45) is 23.2 Å². The number of aliphatic hydroxyl groups is 1. The van der Waals surface area contributed by atoms with E-state index in [1.807, 2.05) is 13.8 Å². The zero-order chi connectivity index (χ0) is 29.1. The molecule has 40 heavy (non-hydrogen) atoms. The lowest BCUT2D eigenvalue weighted by molar-refractivity contribution is -0.384. The fourth-order valence-electron chi connectivity index (χ4n) is 7.69. The molecule has 5 atom stereocenters. The fourth-order valence-corrected chi connectivity index (χ4v) is 7.69. The summed E-state index contributed by atoms with van der Waals surface area (Å²) in [5, 5.41) is 21.0. The van der Waals surface area contributed by atoms with Gasteiger partial charge in [-0.05, 0) is 106 Å². The van der Waals surface area contributed by atoms with Crippen molar-refractivity contribution in [2.75, 3.05) is 0 Å². The maximum absolute atomic E-state index is 12.7. The van der Waals surface area contributed by atoms with Gasteiger partial charge in [-0.1, -0.05) is 56.6 Å². The van der Waals surface area contributed by atoms with Gasteiger partial charge in [-0.2, -0.15) is 0 Å².